The van der Waals surface area contributed by atoms with Crippen LogP contribution in [0.3, 0.4) is 0 Å². The molecule has 0 atom stereocenters. The van der Waals surface area contributed by atoms with Crippen molar-refractivity contribution in [2.24, 2.45) is 0 Å². The molecule has 1 aliphatic carbocycles. The number of carbonyl (C=O) groups is 2. The quantitative estimate of drug-likeness (QED) is 0.675. The number of nitrogens with zero attached hydrogens (tertiary/aromatic N) is 3. The summed E-state index contributed by atoms with van der Waals surface area (Å²) < 4.78 is 29.6. The number of nitrogens with one attached hydrogen (secondary N) is 1. The number of benzene rings is 1. The average molecular weight is 473 g/mol. The molecule has 2 aliphatic heterocycles. The molecule has 2 aromatic rings. The van der Waals surface area contributed by atoms with Gasteiger partial charge in [0.25, 0.3) is 5.91 Å². The summed E-state index contributed by atoms with van der Waals surface area (Å²) in [6, 6.07) is 10.3. The highest BCUT2D eigenvalue weighted by molar-refractivity contribution is 7.89. The third kappa shape index (κ3) is 3.92. The van der Waals surface area contributed by atoms with Gasteiger partial charge in [0.2, 0.25) is 10.0 Å². The molecule has 0 radical (unpaired) electrons. The van der Waals surface area contributed by atoms with Crippen molar-refractivity contribution >= 4 is 21.7 Å². The summed E-state index contributed by atoms with van der Waals surface area (Å²) in [6.07, 6.45) is 3.33. The molecular weight excluding hydrogens is 440 g/mol. The lowest BCUT2D eigenvalue weighted by Gasteiger charge is -2.50. The van der Waals surface area contributed by atoms with Gasteiger partial charge in [-0.25, -0.2) is 13.1 Å². The Morgan fingerprint density at radius 1 is 1.00 bits per heavy atom. The first-order valence-corrected chi connectivity index (χ1v) is 13.0. The zero-order valence-electron chi connectivity index (χ0n) is 19.1. The second kappa shape index (κ2) is 8.07. The van der Waals surface area contributed by atoms with Gasteiger partial charge in [-0.15, -0.1) is 0 Å². The van der Waals surface area contributed by atoms with E-state index in [0.717, 1.165) is 50.2 Å². The summed E-state index contributed by atoms with van der Waals surface area (Å²) in [7, 11) is -1.41. The van der Waals surface area contributed by atoms with Gasteiger partial charge in [0.1, 0.15) is 0 Å². The van der Waals surface area contributed by atoms with Gasteiger partial charge in [0, 0.05) is 51.8 Å². The molecular formula is C24H32N4O4S. The molecule has 1 aromatic carbocycles. The van der Waals surface area contributed by atoms with E-state index >= 15 is 0 Å². The molecule has 8 nitrogen and oxygen atoms in total. The van der Waals surface area contributed by atoms with Gasteiger partial charge in [0.05, 0.1) is 16.1 Å². The van der Waals surface area contributed by atoms with Gasteiger partial charge in [-0.1, -0.05) is 0 Å². The van der Waals surface area contributed by atoms with Crippen LogP contribution in [0, 0.1) is 0 Å². The number of hydrogen-bond donors (Lipinski definition) is 1. The summed E-state index contributed by atoms with van der Waals surface area (Å²) in [6.45, 7) is 4.47. The number of likely N-dealkylation sites (tertiary alicyclic amines) is 1. The molecule has 0 unspecified atom stereocenters. The first-order valence-electron chi connectivity index (χ1n) is 11.6. The van der Waals surface area contributed by atoms with Crippen molar-refractivity contribution in [2.75, 3.05) is 26.7 Å². The van der Waals surface area contributed by atoms with Crippen LogP contribution in [0.4, 0.5) is 0 Å². The summed E-state index contributed by atoms with van der Waals surface area (Å²) >= 11 is 0. The van der Waals surface area contributed by atoms with E-state index in [1.165, 1.54) is 12.1 Å². The van der Waals surface area contributed by atoms with E-state index in [9.17, 15) is 18.0 Å². The second-order valence-corrected chi connectivity index (χ2v) is 11.2. The maximum Gasteiger partial charge on any atom is 0.253 e. The Morgan fingerprint density at radius 2 is 1.67 bits per heavy atom. The zero-order valence-corrected chi connectivity index (χ0v) is 19.9. The third-order valence-corrected chi connectivity index (χ3v) is 8.93. The number of piperidine rings is 1. The normalized spacial score (nSPS) is 20.6. The molecule has 0 bridgehead atoms. The number of amides is 1. The van der Waals surface area contributed by atoms with Crippen LogP contribution in [0.1, 0.15) is 60.6 Å². The van der Waals surface area contributed by atoms with Crippen LogP contribution in [0.2, 0.25) is 0 Å². The predicted octanol–water partition coefficient (Wildman–Crippen LogP) is 2.45. The highest BCUT2D eigenvalue weighted by atomic mass is 32.2. The van der Waals surface area contributed by atoms with Gasteiger partial charge in [0.15, 0.2) is 5.78 Å². The monoisotopic (exact) mass is 472 g/mol. The van der Waals surface area contributed by atoms with Gasteiger partial charge in [-0.3, -0.25) is 14.5 Å². The Bertz CT molecular complexity index is 1200. The van der Waals surface area contributed by atoms with E-state index in [0.29, 0.717) is 18.7 Å². The van der Waals surface area contributed by atoms with Gasteiger partial charge >= 0.3 is 0 Å². The molecule has 3 aliphatic rings. The van der Waals surface area contributed by atoms with E-state index < -0.39 is 10.0 Å². The van der Waals surface area contributed by atoms with E-state index in [1.54, 1.807) is 19.1 Å². The third-order valence-electron chi connectivity index (χ3n) is 7.40. The molecule has 1 spiro atoms. The largest absolute Gasteiger partial charge is 0.339 e. The Morgan fingerprint density at radius 3 is 2.27 bits per heavy atom. The maximum atomic E-state index is 13.1. The van der Waals surface area contributed by atoms with Crippen molar-refractivity contribution in [1.29, 1.82) is 0 Å². The number of Topliss-reactive ketones (excluding diaryl/α,β-unsaturated/α-hetero) is 1. The van der Waals surface area contributed by atoms with E-state index in [4.69, 9.17) is 0 Å². The van der Waals surface area contributed by atoms with Crippen molar-refractivity contribution in [3.8, 4) is 0 Å². The maximum absolute atomic E-state index is 13.1. The lowest BCUT2D eigenvalue weighted by Crippen LogP contribution is -2.56. The lowest BCUT2D eigenvalue weighted by atomic mass is 9.81. The highest BCUT2D eigenvalue weighted by Gasteiger charge is 2.45. The van der Waals surface area contributed by atoms with Crippen molar-refractivity contribution in [3.05, 3.63) is 53.3 Å². The molecule has 1 aromatic heterocycles. The second-order valence-electron chi connectivity index (χ2n) is 9.48. The van der Waals surface area contributed by atoms with Crippen LogP contribution in [-0.4, -0.2) is 67.2 Å². The molecule has 178 valence electrons. The fourth-order valence-electron chi connectivity index (χ4n) is 5.25. The molecule has 5 rings (SSSR count). The minimum absolute atomic E-state index is 0. The number of hydrogen-bond acceptors (Lipinski definition) is 5. The lowest BCUT2D eigenvalue weighted by molar-refractivity contribution is 0.0128. The fraction of sp³-hybridized carbons (Fsp3) is 0.500. The molecule has 1 amide bonds. The number of carbonyl (C=O) groups excluding carboxylic acids is 2. The van der Waals surface area contributed by atoms with E-state index in [-0.39, 0.29) is 29.6 Å². The summed E-state index contributed by atoms with van der Waals surface area (Å²) in [5.74, 6) is -0.00595. The van der Waals surface area contributed by atoms with Crippen LogP contribution >= 0.6 is 0 Å². The number of sulfonamides is 1. The van der Waals surface area contributed by atoms with Crippen LogP contribution < -0.4 is 4.72 Å². The topological polar surface area (TPSA) is 91.7 Å². The van der Waals surface area contributed by atoms with Crippen LogP contribution in [0.5, 0.6) is 0 Å². The van der Waals surface area contributed by atoms with Crippen molar-refractivity contribution in [2.45, 2.75) is 55.6 Å². The molecule has 1 saturated heterocycles. The Labute approximate surface area is 196 Å². The minimum Gasteiger partial charge on any atom is -0.339 e. The van der Waals surface area contributed by atoms with Crippen molar-refractivity contribution in [3.63, 3.8) is 0 Å². The molecule has 33 heavy (non-hydrogen) atoms. The number of rotatable bonds is 5. The zero-order chi connectivity index (χ0) is 23.4. The molecule has 9 heteroatoms. The Kier molecular flexibility index (Phi) is 5.46. The Balaban J connectivity index is 0.00000274. The Hall–Kier alpha value is -2.49. The number of likely N-dealkylation sites (N-methyl/N-ethyl adjacent to an activating group) is 1. The average Bonchev–Trinajstić information content (AvgIpc) is 3.49. The van der Waals surface area contributed by atoms with Crippen LogP contribution in [0.25, 0.3) is 0 Å². The standard InChI is InChI=1S/C24H30N4O4S.H2/c1-17(29)21-9-10-22-24(26(2)15-16-28(21)22)11-13-27(14-12-24)23(30)18-3-7-20(8-4-18)33(31,32)25-19-5-6-19;/h3-4,7-10,19,25H,5-6,11-16H2,1-2H3;1H. The van der Waals surface area contributed by atoms with Crippen molar-refractivity contribution < 1.29 is 19.4 Å². The van der Waals surface area contributed by atoms with Crippen LogP contribution in [0.15, 0.2) is 41.3 Å². The summed E-state index contributed by atoms with van der Waals surface area (Å²) in [5.41, 5.74) is 2.22. The van der Waals surface area contributed by atoms with Crippen molar-refractivity contribution in [1.82, 2.24) is 19.1 Å². The number of ketones is 1. The first kappa shape index (κ1) is 22.3. The fourth-order valence-corrected chi connectivity index (χ4v) is 6.55. The smallest absolute Gasteiger partial charge is 0.253 e. The summed E-state index contributed by atoms with van der Waals surface area (Å²) in [4.78, 5) is 29.6. The van der Waals surface area contributed by atoms with E-state index in [2.05, 4.69) is 27.3 Å². The number of aromatic nitrogens is 1. The number of fused-ring (bicyclic) bond motifs is 2. The van der Waals surface area contributed by atoms with Gasteiger partial charge in [-0.05, 0) is 69.1 Å². The minimum atomic E-state index is -3.53. The molecule has 2 fully saturated rings. The predicted molar refractivity (Wildman–Crippen MR) is 126 cm³/mol. The van der Waals surface area contributed by atoms with Crippen LogP contribution in [-0.2, 0) is 22.1 Å². The SMILES string of the molecule is CC(=O)c1ccc2n1CCN(C)C21CCN(C(=O)c2ccc(S(=O)(=O)NC3CC3)cc2)CC1.[HH]. The summed E-state index contributed by atoms with van der Waals surface area (Å²) in [5, 5.41) is 0. The first-order chi connectivity index (χ1) is 15.7. The molecule has 1 saturated carbocycles. The van der Waals surface area contributed by atoms with E-state index in [1.807, 2.05) is 11.0 Å². The molecule has 1 N–H and O–H groups in total. The molecule has 3 heterocycles. The highest BCUT2D eigenvalue weighted by Crippen LogP contribution is 2.41. The van der Waals surface area contributed by atoms with Gasteiger partial charge in [-0.2, -0.15) is 0 Å². The van der Waals surface area contributed by atoms with Gasteiger partial charge < -0.3 is 9.47 Å².